The lowest BCUT2D eigenvalue weighted by Gasteiger charge is -2.23. The number of anilines is 1. The molecule has 0 atom stereocenters. The van der Waals surface area contributed by atoms with E-state index in [2.05, 4.69) is 31.3 Å². The van der Waals surface area contributed by atoms with E-state index in [4.69, 9.17) is 0 Å². The van der Waals surface area contributed by atoms with Crippen LogP contribution in [0.15, 0.2) is 18.6 Å². The summed E-state index contributed by atoms with van der Waals surface area (Å²) in [6, 6.07) is 0.582. The summed E-state index contributed by atoms with van der Waals surface area (Å²) < 4.78 is 2.18. The quantitative estimate of drug-likeness (QED) is 0.887. The molecule has 5 nitrogen and oxygen atoms in total. The van der Waals surface area contributed by atoms with Gasteiger partial charge in [-0.3, -0.25) is 5.10 Å². The van der Waals surface area contributed by atoms with E-state index in [1.165, 1.54) is 37.7 Å². The van der Waals surface area contributed by atoms with E-state index >= 15 is 0 Å². The second kappa shape index (κ2) is 5.47. The topological polar surface area (TPSA) is 58.5 Å². The fourth-order valence-electron chi connectivity index (χ4n) is 2.77. The average Bonchev–Trinajstić information content (AvgIpc) is 3.02. The lowest BCUT2D eigenvalue weighted by molar-refractivity contribution is 0.459. The number of hydrogen-bond donors (Lipinski definition) is 2. The third-order valence-corrected chi connectivity index (χ3v) is 3.74. The number of aromatic amines is 1. The Morgan fingerprint density at radius 1 is 1.37 bits per heavy atom. The van der Waals surface area contributed by atoms with Crippen LogP contribution in [0.3, 0.4) is 0 Å². The summed E-state index contributed by atoms with van der Waals surface area (Å²) >= 11 is 0. The molecule has 0 amide bonds. The zero-order valence-corrected chi connectivity index (χ0v) is 11.4. The number of nitrogens with zero attached hydrogens (tertiary/aromatic N) is 3. The Kier molecular flexibility index (Phi) is 3.53. The molecule has 0 aromatic carbocycles. The van der Waals surface area contributed by atoms with Crippen LogP contribution in [0.4, 0.5) is 5.95 Å². The molecule has 5 heteroatoms. The number of hydrogen-bond acceptors (Lipinski definition) is 3. The highest BCUT2D eigenvalue weighted by Crippen LogP contribution is 2.21. The maximum absolute atomic E-state index is 4.61. The van der Waals surface area contributed by atoms with Crippen molar-refractivity contribution in [2.24, 2.45) is 0 Å². The zero-order chi connectivity index (χ0) is 13.1. The summed E-state index contributed by atoms with van der Waals surface area (Å²) in [7, 11) is 0. The van der Waals surface area contributed by atoms with Crippen LogP contribution < -0.4 is 5.32 Å². The zero-order valence-electron chi connectivity index (χ0n) is 11.4. The summed E-state index contributed by atoms with van der Waals surface area (Å²) in [5.41, 5.74) is 2.23. The van der Waals surface area contributed by atoms with Crippen LogP contribution in [-0.2, 0) is 6.54 Å². The van der Waals surface area contributed by atoms with E-state index in [0.29, 0.717) is 6.04 Å². The van der Waals surface area contributed by atoms with Crippen molar-refractivity contribution in [3.63, 3.8) is 0 Å². The third kappa shape index (κ3) is 2.97. The fourth-order valence-corrected chi connectivity index (χ4v) is 2.77. The molecule has 1 aliphatic rings. The minimum atomic E-state index is 0.582. The van der Waals surface area contributed by atoms with Crippen LogP contribution in [0.2, 0.25) is 0 Å². The standard InChI is InChI=1S/C14H21N5/c1-11-9-19(10-12-7-15-16-8-12)14(17-11)18-13-5-3-2-4-6-13/h7-9,13H,2-6,10H2,1H3,(H,15,16)(H,17,18). The van der Waals surface area contributed by atoms with Gasteiger partial charge < -0.3 is 9.88 Å². The second-order valence-corrected chi connectivity index (χ2v) is 5.42. The predicted molar refractivity (Wildman–Crippen MR) is 75.1 cm³/mol. The molecule has 102 valence electrons. The minimum absolute atomic E-state index is 0.582. The maximum atomic E-state index is 4.61. The first kappa shape index (κ1) is 12.3. The van der Waals surface area contributed by atoms with Crippen molar-refractivity contribution in [3.8, 4) is 0 Å². The molecule has 2 heterocycles. The van der Waals surface area contributed by atoms with Gasteiger partial charge in [-0.05, 0) is 19.8 Å². The first-order valence-corrected chi connectivity index (χ1v) is 7.09. The van der Waals surface area contributed by atoms with Crippen molar-refractivity contribution < 1.29 is 0 Å². The summed E-state index contributed by atoms with van der Waals surface area (Å²) in [6.07, 6.45) is 12.5. The van der Waals surface area contributed by atoms with Gasteiger partial charge in [0.25, 0.3) is 0 Å². The molecule has 1 saturated carbocycles. The number of aromatic nitrogens is 4. The maximum Gasteiger partial charge on any atom is 0.203 e. The molecular formula is C14H21N5. The van der Waals surface area contributed by atoms with E-state index in [9.17, 15) is 0 Å². The average molecular weight is 259 g/mol. The van der Waals surface area contributed by atoms with E-state index in [1.54, 1.807) is 0 Å². The van der Waals surface area contributed by atoms with Crippen molar-refractivity contribution in [2.45, 2.75) is 51.6 Å². The highest BCUT2D eigenvalue weighted by molar-refractivity contribution is 5.31. The molecule has 2 N–H and O–H groups in total. The van der Waals surface area contributed by atoms with Crippen LogP contribution in [0.25, 0.3) is 0 Å². The molecule has 2 aromatic rings. The Hall–Kier alpha value is -1.78. The van der Waals surface area contributed by atoms with Crippen molar-refractivity contribution >= 4 is 5.95 Å². The molecule has 1 aliphatic carbocycles. The van der Waals surface area contributed by atoms with E-state index in [1.807, 2.05) is 19.3 Å². The Bertz CT molecular complexity index is 508. The fraction of sp³-hybridized carbons (Fsp3) is 0.571. The van der Waals surface area contributed by atoms with Gasteiger partial charge in [0.15, 0.2) is 0 Å². The number of aryl methyl sites for hydroxylation is 1. The summed E-state index contributed by atoms with van der Waals surface area (Å²) in [4.78, 5) is 4.61. The first-order valence-electron chi connectivity index (χ1n) is 7.09. The summed E-state index contributed by atoms with van der Waals surface area (Å²) in [6.45, 7) is 2.85. The van der Waals surface area contributed by atoms with Gasteiger partial charge in [-0.2, -0.15) is 5.10 Å². The lowest BCUT2D eigenvalue weighted by Crippen LogP contribution is -2.24. The molecule has 0 spiro atoms. The van der Waals surface area contributed by atoms with Gasteiger partial charge in [0.05, 0.1) is 18.4 Å². The van der Waals surface area contributed by atoms with Gasteiger partial charge >= 0.3 is 0 Å². The molecule has 1 fully saturated rings. The molecule has 3 rings (SSSR count). The van der Waals surface area contributed by atoms with Crippen LogP contribution in [0, 0.1) is 6.92 Å². The van der Waals surface area contributed by atoms with Gasteiger partial charge in [0.1, 0.15) is 0 Å². The molecule has 0 aliphatic heterocycles. The first-order chi connectivity index (χ1) is 9.31. The number of rotatable bonds is 4. The monoisotopic (exact) mass is 259 g/mol. The van der Waals surface area contributed by atoms with Gasteiger partial charge in [-0.15, -0.1) is 0 Å². The SMILES string of the molecule is Cc1cn(Cc2cn[nH]c2)c(NC2CCCCC2)n1. The van der Waals surface area contributed by atoms with E-state index < -0.39 is 0 Å². The molecule has 0 radical (unpaired) electrons. The normalized spacial score (nSPS) is 16.7. The molecule has 0 saturated heterocycles. The van der Waals surface area contributed by atoms with Gasteiger partial charge in [-0.25, -0.2) is 4.98 Å². The Balaban J connectivity index is 1.73. The summed E-state index contributed by atoms with van der Waals surface area (Å²) in [5.74, 6) is 0.991. The highest BCUT2D eigenvalue weighted by Gasteiger charge is 2.16. The summed E-state index contributed by atoms with van der Waals surface area (Å²) in [5, 5.41) is 10.4. The van der Waals surface area contributed by atoms with Gasteiger partial charge in [0.2, 0.25) is 5.95 Å². The number of nitrogens with one attached hydrogen (secondary N) is 2. The van der Waals surface area contributed by atoms with Crippen molar-refractivity contribution in [3.05, 3.63) is 29.8 Å². The third-order valence-electron chi connectivity index (χ3n) is 3.74. The van der Waals surface area contributed by atoms with Crippen molar-refractivity contribution in [1.82, 2.24) is 19.7 Å². The number of H-pyrrole nitrogens is 1. The highest BCUT2D eigenvalue weighted by atomic mass is 15.2. The van der Waals surface area contributed by atoms with Crippen LogP contribution in [-0.4, -0.2) is 25.8 Å². The Morgan fingerprint density at radius 2 is 2.21 bits per heavy atom. The smallest absolute Gasteiger partial charge is 0.203 e. The molecule has 0 unspecified atom stereocenters. The lowest BCUT2D eigenvalue weighted by atomic mass is 9.96. The van der Waals surface area contributed by atoms with Crippen molar-refractivity contribution in [1.29, 1.82) is 0 Å². The Labute approximate surface area is 113 Å². The molecule has 2 aromatic heterocycles. The second-order valence-electron chi connectivity index (χ2n) is 5.42. The van der Waals surface area contributed by atoms with Crippen LogP contribution in [0.5, 0.6) is 0 Å². The van der Waals surface area contributed by atoms with Crippen molar-refractivity contribution in [2.75, 3.05) is 5.32 Å². The van der Waals surface area contributed by atoms with Gasteiger partial charge in [0, 0.05) is 24.0 Å². The van der Waals surface area contributed by atoms with E-state index in [0.717, 1.165) is 18.2 Å². The predicted octanol–water partition coefficient (Wildman–Crippen LogP) is 2.71. The van der Waals surface area contributed by atoms with Gasteiger partial charge in [-0.1, -0.05) is 19.3 Å². The molecule has 19 heavy (non-hydrogen) atoms. The molecular weight excluding hydrogens is 238 g/mol. The molecule has 0 bridgehead atoms. The van der Waals surface area contributed by atoms with Crippen LogP contribution in [0.1, 0.15) is 43.4 Å². The number of imidazole rings is 1. The minimum Gasteiger partial charge on any atom is -0.353 e. The van der Waals surface area contributed by atoms with Crippen LogP contribution >= 0.6 is 0 Å². The van der Waals surface area contributed by atoms with E-state index in [-0.39, 0.29) is 0 Å². The largest absolute Gasteiger partial charge is 0.353 e. The Morgan fingerprint density at radius 3 is 2.95 bits per heavy atom.